The summed E-state index contributed by atoms with van der Waals surface area (Å²) >= 11 is 0. The number of carbonyl (C=O) groups excluding carboxylic acids is 1. The van der Waals surface area contributed by atoms with Gasteiger partial charge in [-0.15, -0.1) is 0 Å². The molecular formula is C13H12N2O4. The highest BCUT2D eigenvalue weighted by Crippen LogP contribution is 2.49. The Labute approximate surface area is 109 Å². The summed E-state index contributed by atoms with van der Waals surface area (Å²) in [5, 5.41) is 10.8. The number of ether oxygens (including phenoxy) is 1. The Morgan fingerprint density at radius 3 is 3.00 bits per heavy atom. The van der Waals surface area contributed by atoms with Gasteiger partial charge in [0, 0.05) is 12.5 Å². The van der Waals surface area contributed by atoms with Crippen LogP contribution in [0.15, 0.2) is 18.2 Å². The highest BCUT2D eigenvalue weighted by molar-refractivity contribution is 5.99. The second-order valence-electron chi connectivity index (χ2n) is 5.36. The minimum Gasteiger partial charge on any atom is -0.486 e. The lowest BCUT2D eigenvalue weighted by atomic mass is 10.0. The van der Waals surface area contributed by atoms with Crippen LogP contribution >= 0.6 is 0 Å². The lowest BCUT2D eigenvalue weighted by molar-refractivity contribution is -0.384. The molecule has 19 heavy (non-hydrogen) atoms. The largest absolute Gasteiger partial charge is 0.486 e. The molecule has 6 heteroatoms. The van der Waals surface area contributed by atoms with Crippen molar-refractivity contribution in [1.29, 1.82) is 0 Å². The van der Waals surface area contributed by atoms with Gasteiger partial charge in [-0.1, -0.05) is 0 Å². The van der Waals surface area contributed by atoms with E-state index in [4.69, 9.17) is 4.74 Å². The van der Waals surface area contributed by atoms with Crippen LogP contribution in [0.1, 0.15) is 19.3 Å². The Hall–Kier alpha value is -2.11. The number of nitro groups is 1. The number of fused-ring (bicyclic) bond motifs is 2. The van der Waals surface area contributed by atoms with E-state index in [0.717, 1.165) is 12.8 Å². The quantitative estimate of drug-likeness (QED) is 0.570. The molecule has 2 aliphatic heterocycles. The molecule has 1 amide bonds. The van der Waals surface area contributed by atoms with E-state index in [1.165, 1.54) is 12.1 Å². The van der Waals surface area contributed by atoms with Gasteiger partial charge in [-0.3, -0.25) is 14.9 Å². The number of nitrogens with zero attached hydrogens (tertiary/aromatic N) is 2. The summed E-state index contributed by atoms with van der Waals surface area (Å²) in [4.78, 5) is 24.3. The summed E-state index contributed by atoms with van der Waals surface area (Å²) in [7, 11) is 0. The number of nitro benzene ring substituents is 1. The van der Waals surface area contributed by atoms with Crippen LogP contribution < -0.4 is 9.64 Å². The van der Waals surface area contributed by atoms with Gasteiger partial charge in [-0.25, -0.2) is 0 Å². The molecule has 3 atom stereocenters. The van der Waals surface area contributed by atoms with Gasteiger partial charge >= 0.3 is 0 Å². The van der Waals surface area contributed by atoms with Gasteiger partial charge in [0.2, 0.25) is 5.91 Å². The topological polar surface area (TPSA) is 72.7 Å². The molecule has 6 nitrogen and oxygen atoms in total. The third-order valence-corrected chi connectivity index (χ3v) is 4.38. The fraction of sp³-hybridized carbons (Fsp3) is 0.462. The summed E-state index contributed by atoms with van der Waals surface area (Å²) < 4.78 is 5.88. The lowest BCUT2D eigenvalue weighted by Crippen LogP contribution is -2.46. The van der Waals surface area contributed by atoms with E-state index in [9.17, 15) is 14.9 Å². The predicted molar refractivity (Wildman–Crippen MR) is 66.1 cm³/mol. The SMILES string of the molecule is O=C1C[C@H]2CC[C@H]3Oc4cc([N+](=O)[O-])ccc4N1[C@@H]23. The summed E-state index contributed by atoms with van der Waals surface area (Å²) in [6.45, 7) is 0. The van der Waals surface area contributed by atoms with E-state index in [-0.39, 0.29) is 23.7 Å². The predicted octanol–water partition coefficient (Wildman–Crippen LogP) is 1.87. The van der Waals surface area contributed by atoms with Gasteiger partial charge in [0.1, 0.15) is 11.9 Å². The van der Waals surface area contributed by atoms with Gasteiger partial charge in [-0.2, -0.15) is 0 Å². The second-order valence-corrected chi connectivity index (χ2v) is 5.36. The Morgan fingerprint density at radius 1 is 1.37 bits per heavy atom. The van der Waals surface area contributed by atoms with Crippen molar-refractivity contribution in [2.24, 2.45) is 5.92 Å². The zero-order chi connectivity index (χ0) is 13.1. The highest BCUT2D eigenvalue weighted by Gasteiger charge is 2.53. The number of hydrogen-bond donors (Lipinski definition) is 0. The van der Waals surface area contributed by atoms with Crippen molar-refractivity contribution in [2.75, 3.05) is 4.90 Å². The normalized spacial score (nSPS) is 30.8. The van der Waals surface area contributed by atoms with Gasteiger partial charge in [-0.05, 0) is 24.8 Å². The monoisotopic (exact) mass is 260 g/mol. The molecule has 2 fully saturated rings. The van der Waals surface area contributed by atoms with Crippen LogP contribution in [0.2, 0.25) is 0 Å². The first-order chi connectivity index (χ1) is 9.15. The van der Waals surface area contributed by atoms with E-state index in [2.05, 4.69) is 0 Å². The van der Waals surface area contributed by atoms with Crippen LogP contribution in [-0.2, 0) is 4.79 Å². The maximum absolute atomic E-state index is 12.1. The molecule has 1 aromatic rings. The van der Waals surface area contributed by atoms with Crippen LogP contribution in [0.25, 0.3) is 0 Å². The number of benzene rings is 1. The number of amides is 1. The smallest absolute Gasteiger partial charge is 0.273 e. The number of non-ortho nitro benzene ring substituents is 1. The Bertz CT molecular complexity index is 600. The standard InChI is InChI=1S/C13H12N2O4/c16-12-5-7-1-4-10-13(7)14(12)9-3-2-8(15(17)18)6-11(9)19-10/h2-3,6-7,10,13H,1,4-5H2/t7-,10-,13+/m1/s1. The Balaban J connectivity index is 1.84. The minimum absolute atomic E-state index is 0.00149. The van der Waals surface area contributed by atoms with E-state index < -0.39 is 4.92 Å². The zero-order valence-electron chi connectivity index (χ0n) is 10.1. The van der Waals surface area contributed by atoms with Crippen molar-refractivity contribution in [1.82, 2.24) is 0 Å². The van der Waals surface area contributed by atoms with Crippen LogP contribution in [0.5, 0.6) is 5.75 Å². The van der Waals surface area contributed by atoms with Crippen LogP contribution in [0, 0.1) is 16.0 Å². The van der Waals surface area contributed by atoms with E-state index in [1.54, 1.807) is 11.0 Å². The average Bonchev–Trinajstić information content (AvgIpc) is 2.92. The van der Waals surface area contributed by atoms with Crippen LogP contribution in [0.4, 0.5) is 11.4 Å². The summed E-state index contributed by atoms with van der Waals surface area (Å²) in [5.74, 6) is 0.949. The molecule has 3 aliphatic rings. The van der Waals surface area contributed by atoms with Crippen molar-refractivity contribution in [2.45, 2.75) is 31.4 Å². The molecule has 0 radical (unpaired) electrons. The molecule has 1 saturated carbocycles. The molecule has 0 bridgehead atoms. The molecule has 0 unspecified atom stereocenters. The number of anilines is 1. The fourth-order valence-corrected chi connectivity index (χ4v) is 3.61. The molecule has 1 saturated heterocycles. The molecule has 98 valence electrons. The summed E-state index contributed by atoms with van der Waals surface area (Å²) in [5.41, 5.74) is 0.680. The molecule has 1 aliphatic carbocycles. The lowest BCUT2D eigenvalue weighted by Gasteiger charge is -2.36. The van der Waals surface area contributed by atoms with Crippen molar-refractivity contribution < 1.29 is 14.5 Å². The first kappa shape index (κ1) is 10.8. The van der Waals surface area contributed by atoms with Crippen molar-refractivity contribution in [3.05, 3.63) is 28.3 Å². The molecule has 0 N–H and O–H groups in total. The number of rotatable bonds is 1. The third-order valence-electron chi connectivity index (χ3n) is 4.38. The van der Waals surface area contributed by atoms with E-state index in [0.29, 0.717) is 23.8 Å². The molecule has 2 heterocycles. The van der Waals surface area contributed by atoms with Crippen LogP contribution in [-0.4, -0.2) is 23.0 Å². The van der Waals surface area contributed by atoms with Gasteiger partial charge in [0.25, 0.3) is 5.69 Å². The molecule has 1 aromatic carbocycles. The molecule has 0 aromatic heterocycles. The fourth-order valence-electron chi connectivity index (χ4n) is 3.61. The minimum atomic E-state index is -0.445. The Morgan fingerprint density at radius 2 is 2.21 bits per heavy atom. The summed E-state index contributed by atoms with van der Waals surface area (Å²) in [6.07, 6.45) is 2.47. The first-order valence-corrected chi connectivity index (χ1v) is 6.42. The average molecular weight is 260 g/mol. The van der Waals surface area contributed by atoms with Crippen LogP contribution in [0.3, 0.4) is 0 Å². The van der Waals surface area contributed by atoms with Gasteiger partial charge in [0.15, 0.2) is 0 Å². The van der Waals surface area contributed by atoms with Gasteiger partial charge < -0.3 is 9.64 Å². The van der Waals surface area contributed by atoms with Crippen molar-refractivity contribution in [3.8, 4) is 5.75 Å². The van der Waals surface area contributed by atoms with Crippen molar-refractivity contribution in [3.63, 3.8) is 0 Å². The number of hydrogen-bond acceptors (Lipinski definition) is 4. The van der Waals surface area contributed by atoms with Gasteiger partial charge in [0.05, 0.1) is 22.7 Å². The third kappa shape index (κ3) is 1.34. The maximum Gasteiger partial charge on any atom is 0.273 e. The zero-order valence-corrected chi connectivity index (χ0v) is 10.1. The number of carbonyl (C=O) groups is 1. The molecule has 0 spiro atoms. The van der Waals surface area contributed by atoms with Crippen molar-refractivity contribution >= 4 is 17.3 Å². The molecule has 4 rings (SSSR count). The highest BCUT2D eigenvalue weighted by atomic mass is 16.6. The maximum atomic E-state index is 12.1. The molecular weight excluding hydrogens is 248 g/mol. The van der Waals surface area contributed by atoms with E-state index >= 15 is 0 Å². The second kappa shape index (κ2) is 3.46. The van der Waals surface area contributed by atoms with E-state index in [1.807, 2.05) is 0 Å². The first-order valence-electron chi connectivity index (χ1n) is 6.42. The Kier molecular flexibility index (Phi) is 1.97. The summed E-state index contributed by atoms with van der Waals surface area (Å²) in [6, 6.07) is 4.60.